The van der Waals surface area contributed by atoms with Crippen molar-refractivity contribution < 1.29 is 100 Å². The predicted molar refractivity (Wildman–Crippen MR) is 156 cm³/mol. The number of quaternary nitrogens is 2. The molecule has 2 heterocycles. The fourth-order valence-electron chi connectivity index (χ4n) is 4.81. The summed E-state index contributed by atoms with van der Waals surface area (Å²) in [7, 11) is -26.9. The lowest BCUT2D eigenvalue weighted by molar-refractivity contribution is -0.934. The number of alkyl halides is 12. The number of hydrogen-bond donors (Lipinski definition) is 0. The third-order valence-electron chi connectivity index (χ3n) is 7.85. The zero-order valence-corrected chi connectivity index (χ0v) is 30.2. The van der Waals surface area contributed by atoms with E-state index in [9.17, 15) is 86.4 Å². The largest absolute Gasteiger partial charge is 0.480 e. The van der Waals surface area contributed by atoms with E-state index in [1.165, 1.54) is 99.8 Å². The van der Waals surface area contributed by atoms with Crippen LogP contribution in [-0.2, 0) is 44.8 Å². The van der Waals surface area contributed by atoms with Crippen LogP contribution in [0.1, 0.15) is 52.4 Å². The molecule has 0 atom stereocenters. The smallest absolute Gasteiger partial charge is 0.421 e. The highest BCUT2D eigenvalue weighted by Crippen LogP contribution is 2.37. The zero-order chi connectivity index (χ0) is 40.4. The maximum absolute atomic E-state index is 11.4. The van der Waals surface area contributed by atoms with E-state index in [1.807, 2.05) is 0 Å². The second-order valence-electron chi connectivity index (χ2n) is 11.2. The van der Waals surface area contributed by atoms with Crippen molar-refractivity contribution >= 4 is 40.1 Å². The number of halogens is 12. The minimum atomic E-state index is -6.72. The van der Waals surface area contributed by atoms with Gasteiger partial charge in [-0.3, -0.25) is 0 Å². The molecule has 0 saturated carbocycles. The molecular weight excluding hydrogens is 821 g/mol. The molecule has 0 unspecified atom stereocenters. The van der Waals surface area contributed by atoms with Gasteiger partial charge in [-0.2, -0.15) is 52.7 Å². The van der Waals surface area contributed by atoms with Crippen molar-refractivity contribution in [3.8, 4) is 0 Å². The first-order chi connectivity index (χ1) is 22.7. The van der Waals surface area contributed by atoms with Crippen LogP contribution in [0.4, 0.5) is 52.7 Å². The van der Waals surface area contributed by atoms with E-state index in [1.54, 1.807) is 0 Å². The normalized spacial score (nSPS) is 19.3. The summed E-state index contributed by atoms with van der Waals surface area (Å²) in [6, 6.07) is 0. The van der Waals surface area contributed by atoms with Crippen molar-refractivity contribution in [2.45, 2.75) is 74.4 Å². The first-order valence-electron chi connectivity index (χ1n) is 14.7. The summed E-state index contributed by atoms with van der Waals surface area (Å²) in [5, 5.41) is 0. The molecule has 13 nitrogen and oxygen atoms in total. The molecule has 0 N–H and O–H groups in total. The Morgan fingerprint density at radius 1 is 0.451 bits per heavy atom. The van der Waals surface area contributed by atoms with Crippen LogP contribution in [0, 0.1) is 0 Å². The van der Waals surface area contributed by atoms with Crippen molar-refractivity contribution in [3.63, 3.8) is 0 Å². The van der Waals surface area contributed by atoms with Gasteiger partial charge in [-0.15, -0.1) is 0 Å². The molecule has 308 valence electrons. The molecule has 0 aromatic carbocycles. The molecule has 29 heteroatoms. The van der Waals surface area contributed by atoms with Crippen molar-refractivity contribution in [2.24, 2.45) is 0 Å². The molecule has 2 rings (SSSR count). The number of likely N-dealkylation sites (N-methyl/N-ethyl adjacent to an activating group) is 2. The number of ether oxygens (including phenoxy) is 1. The van der Waals surface area contributed by atoms with Gasteiger partial charge < -0.3 is 22.0 Å². The highest BCUT2D eigenvalue weighted by atomic mass is 32.3. The van der Waals surface area contributed by atoms with Gasteiger partial charge in [-0.25, -0.2) is 33.7 Å². The Hall–Kier alpha value is -1.24. The summed E-state index contributed by atoms with van der Waals surface area (Å²) in [6.07, 6.45) is 8.56. The Bertz CT molecular complexity index is 1320. The second kappa shape index (κ2) is 18.4. The summed E-state index contributed by atoms with van der Waals surface area (Å²) in [6.45, 7) is 17.2. The zero-order valence-electron chi connectivity index (χ0n) is 26.9. The first-order valence-corrected chi connectivity index (χ1v) is 20.4. The molecule has 2 aliphatic rings. The molecule has 0 spiro atoms. The Labute approximate surface area is 288 Å². The number of likely N-dealkylation sites (tertiary alicyclic amines) is 2. The summed E-state index contributed by atoms with van der Waals surface area (Å²) in [5.41, 5.74) is -24.8. The maximum Gasteiger partial charge on any atom is 0.480 e. The first kappa shape index (κ1) is 49.8. The van der Waals surface area contributed by atoms with E-state index in [0.29, 0.717) is 0 Å². The Kier molecular flexibility index (Phi) is 17.9. The summed E-state index contributed by atoms with van der Waals surface area (Å²) < 4.78 is 227. The van der Waals surface area contributed by atoms with Crippen LogP contribution in [0.3, 0.4) is 0 Å². The molecule has 2 aliphatic heterocycles. The molecule has 0 radical (unpaired) electrons. The second-order valence-corrected chi connectivity index (χ2v) is 18.1. The van der Waals surface area contributed by atoms with Crippen molar-refractivity contribution in [1.82, 2.24) is 0 Å². The molecule has 0 aromatic heterocycles. The molecular formula is C22H38F12N4O9S4. The monoisotopic (exact) mass is 858 g/mol. The summed E-state index contributed by atoms with van der Waals surface area (Å²) >= 11 is 0. The standard InChI is InChI=1S/C18H38N2O.2C2F6NO4S2/c1-3-19(11-7-5-8-12-19)15-17-21-18-16-20(4-2)13-9-6-10-14-20;2*3-1(4,5)14(10,11)9-15(12,13)2(6,7)8/h3-18H2,1-2H3;;/q+2;2*-1. The average molecular weight is 859 g/mol. The Balaban J connectivity index is 0.000000756. The minimum absolute atomic E-state index is 0.778. The van der Waals surface area contributed by atoms with Crippen LogP contribution in [0.5, 0.6) is 0 Å². The molecule has 0 bridgehead atoms. The topological polar surface area (TPSA) is 174 Å². The molecule has 2 fully saturated rings. The fourth-order valence-corrected chi connectivity index (χ4v) is 8.23. The van der Waals surface area contributed by atoms with Crippen LogP contribution < -0.4 is 0 Å². The van der Waals surface area contributed by atoms with Crippen LogP contribution in [0.2, 0.25) is 0 Å². The molecule has 0 aliphatic carbocycles. The summed E-state index contributed by atoms with van der Waals surface area (Å²) in [4.78, 5) is 0. The minimum Gasteiger partial charge on any atom is -0.421 e. The number of piperidine rings is 2. The van der Waals surface area contributed by atoms with Crippen LogP contribution >= 0.6 is 0 Å². The molecule has 51 heavy (non-hydrogen) atoms. The molecule has 2 saturated heterocycles. The van der Waals surface area contributed by atoms with Crippen LogP contribution in [0.25, 0.3) is 8.25 Å². The number of hydrogen-bond acceptors (Lipinski definition) is 9. The van der Waals surface area contributed by atoms with Gasteiger partial charge in [0.1, 0.15) is 13.1 Å². The van der Waals surface area contributed by atoms with Gasteiger partial charge in [0.2, 0.25) is 0 Å². The molecule has 0 aromatic rings. The number of sulfonamides is 4. The third kappa shape index (κ3) is 15.6. The lowest BCUT2D eigenvalue weighted by Gasteiger charge is -2.41. The predicted octanol–water partition coefficient (Wildman–Crippen LogP) is 5.16. The highest BCUT2D eigenvalue weighted by Gasteiger charge is 2.48. The number of nitrogens with zero attached hydrogens (tertiary/aromatic N) is 4. The SMILES string of the molecule is CC[N+]1(CCOCC[N+]2(CC)CCCCC2)CCCCC1.O=S(=O)([N-]S(=O)(=O)C(F)(F)F)C(F)(F)F.O=S(=O)([N-]S(=O)(=O)C(F)(F)F)C(F)(F)F. The number of rotatable bonds is 12. The maximum atomic E-state index is 11.4. The van der Waals surface area contributed by atoms with Crippen molar-refractivity contribution in [3.05, 3.63) is 8.25 Å². The van der Waals surface area contributed by atoms with Gasteiger partial charge in [0.25, 0.3) is 0 Å². The lowest BCUT2D eigenvalue weighted by atomic mass is 10.1. The van der Waals surface area contributed by atoms with Crippen LogP contribution in [0.15, 0.2) is 0 Å². The Morgan fingerprint density at radius 3 is 0.843 bits per heavy atom. The van der Waals surface area contributed by atoms with Gasteiger partial charge >= 0.3 is 22.0 Å². The van der Waals surface area contributed by atoms with E-state index in [4.69, 9.17) is 4.74 Å². The third-order valence-corrected chi connectivity index (χ3v) is 13.3. The van der Waals surface area contributed by atoms with Gasteiger partial charge in [-0.1, -0.05) is 0 Å². The van der Waals surface area contributed by atoms with Gasteiger partial charge in [0.15, 0.2) is 40.1 Å². The average Bonchev–Trinajstić information content (AvgIpc) is 2.95. The van der Waals surface area contributed by atoms with Crippen molar-refractivity contribution in [2.75, 3.05) is 65.6 Å². The molecule has 0 amide bonds. The van der Waals surface area contributed by atoms with Crippen molar-refractivity contribution in [1.29, 1.82) is 0 Å². The van der Waals surface area contributed by atoms with Gasteiger partial charge in [0, 0.05) is 0 Å². The Morgan fingerprint density at radius 2 is 0.667 bits per heavy atom. The van der Waals surface area contributed by atoms with Gasteiger partial charge in [-0.05, 0) is 52.4 Å². The van der Waals surface area contributed by atoms with E-state index in [2.05, 4.69) is 13.8 Å². The van der Waals surface area contributed by atoms with E-state index >= 15 is 0 Å². The highest BCUT2D eigenvalue weighted by molar-refractivity contribution is 8.13. The van der Waals surface area contributed by atoms with Crippen LogP contribution in [-0.4, -0.2) is 130 Å². The van der Waals surface area contributed by atoms with E-state index in [0.717, 1.165) is 21.5 Å². The quantitative estimate of drug-likeness (QED) is 0.146. The summed E-state index contributed by atoms with van der Waals surface area (Å²) in [5.74, 6) is 0. The fraction of sp³-hybridized carbons (Fsp3) is 1.00. The lowest BCUT2D eigenvalue weighted by Crippen LogP contribution is -2.54. The van der Waals surface area contributed by atoms with Gasteiger partial charge in [0.05, 0.1) is 52.5 Å². The van der Waals surface area contributed by atoms with E-state index in [-0.39, 0.29) is 0 Å². The van der Waals surface area contributed by atoms with E-state index < -0.39 is 62.1 Å².